The van der Waals surface area contributed by atoms with Crippen LogP contribution in [0.2, 0.25) is 0 Å². The minimum atomic E-state index is -0.547. The lowest BCUT2D eigenvalue weighted by Crippen LogP contribution is -2.40. The topological polar surface area (TPSA) is 58.4 Å². The molecular formula is C21H26N4O2. The van der Waals surface area contributed by atoms with Crippen LogP contribution >= 0.6 is 0 Å². The highest BCUT2D eigenvalue weighted by Gasteiger charge is 2.33. The van der Waals surface area contributed by atoms with Gasteiger partial charge in [-0.2, -0.15) is 0 Å². The molecule has 1 atom stereocenters. The Morgan fingerprint density at radius 3 is 2.56 bits per heavy atom. The Morgan fingerprint density at radius 1 is 1.04 bits per heavy atom. The second-order valence-electron chi connectivity index (χ2n) is 7.39. The van der Waals surface area contributed by atoms with Crippen LogP contribution in [0.25, 0.3) is 0 Å². The summed E-state index contributed by atoms with van der Waals surface area (Å²) in [4.78, 5) is 34.2. The van der Waals surface area contributed by atoms with Gasteiger partial charge < -0.3 is 14.4 Å². The van der Waals surface area contributed by atoms with Crippen molar-refractivity contribution in [3.05, 3.63) is 48.5 Å². The Bertz CT molecular complexity index is 794. The first kappa shape index (κ1) is 17.8. The van der Waals surface area contributed by atoms with Crippen molar-refractivity contribution >= 4 is 17.5 Å². The van der Waals surface area contributed by atoms with E-state index < -0.39 is 6.04 Å². The fraction of sp³-hybridized carbons (Fsp3) is 0.476. The average Bonchev–Trinajstić information content (AvgIpc) is 3.29. The summed E-state index contributed by atoms with van der Waals surface area (Å²) >= 11 is 0. The van der Waals surface area contributed by atoms with Crippen LogP contribution in [0.3, 0.4) is 0 Å². The monoisotopic (exact) mass is 366 g/mol. The molecular weight excluding hydrogens is 340 g/mol. The molecule has 3 heterocycles. The largest absolute Gasteiger partial charge is 0.343 e. The number of hydrogen-bond acceptors (Lipinski definition) is 3. The highest BCUT2D eigenvalue weighted by Crippen LogP contribution is 2.30. The number of imidazole rings is 1. The summed E-state index contributed by atoms with van der Waals surface area (Å²) < 4.78 is 1.78. The van der Waals surface area contributed by atoms with Gasteiger partial charge in [0, 0.05) is 37.7 Å². The van der Waals surface area contributed by atoms with Crippen LogP contribution in [-0.4, -0.2) is 45.9 Å². The van der Waals surface area contributed by atoms with Gasteiger partial charge in [0.05, 0.1) is 12.7 Å². The van der Waals surface area contributed by atoms with Crippen LogP contribution in [0.4, 0.5) is 5.69 Å². The molecule has 0 N–H and O–H groups in total. The Kier molecular flexibility index (Phi) is 5.23. The van der Waals surface area contributed by atoms with Crippen LogP contribution in [-0.2, 0) is 16.0 Å². The molecule has 2 aliphatic rings. The molecule has 1 aromatic carbocycles. The molecule has 2 amide bonds. The predicted octanol–water partition coefficient (Wildman–Crippen LogP) is 2.81. The number of nitrogens with zero attached hydrogens (tertiary/aromatic N) is 4. The normalized spacial score (nSPS) is 18.1. The molecule has 1 fully saturated rings. The first-order chi connectivity index (χ1) is 13.2. The average molecular weight is 366 g/mol. The first-order valence-electron chi connectivity index (χ1n) is 9.88. The number of fused-ring (bicyclic) bond motifs is 1. The van der Waals surface area contributed by atoms with E-state index >= 15 is 0 Å². The maximum atomic E-state index is 13.4. The second-order valence-corrected chi connectivity index (χ2v) is 7.39. The minimum Gasteiger partial charge on any atom is -0.343 e. The van der Waals surface area contributed by atoms with Gasteiger partial charge >= 0.3 is 0 Å². The van der Waals surface area contributed by atoms with Gasteiger partial charge in [0.15, 0.2) is 0 Å². The van der Waals surface area contributed by atoms with E-state index in [0.29, 0.717) is 6.54 Å². The number of likely N-dealkylation sites (tertiary alicyclic amines) is 1. The Hall–Kier alpha value is -2.63. The highest BCUT2D eigenvalue weighted by atomic mass is 16.2. The molecule has 1 aromatic heterocycles. The quantitative estimate of drug-likeness (QED) is 0.836. The number of rotatable bonds is 4. The van der Waals surface area contributed by atoms with Crippen LogP contribution in [0.1, 0.15) is 43.7 Å². The van der Waals surface area contributed by atoms with Crippen LogP contribution in [0.5, 0.6) is 0 Å². The zero-order valence-electron chi connectivity index (χ0n) is 15.6. The van der Waals surface area contributed by atoms with Crippen molar-refractivity contribution < 1.29 is 9.59 Å². The van der Waals surface area contributed by atoms with Gasteiger partial charge in [-0.1, -0.05) is 31.0 Å². The molecule has 4 rings (SSSR count). The van der Waals surface area contributed by atoms with Crippen molar-refractivity contribution in [2.75, 3.05) is 24.5 Å². The number of carbonyl (C=O) groups is 2. The number of para-hydroxylation sites is 1. The summed E-state index contributed by atoms with van der Waals surface area (Å²) in [6, 6.07) is 7.47. The summed E-state index contributed by atoms with van der Waals surface area (Å²) in [6.45, 7) is 2.27. The van der Waals surface area contributed by atoms with Gasteiger partial charge in [-0.3, -0.25) is 9.59 Å². The molecule has 6 heteroatoms. The van der Waals surface area contributed by atoms with Gasteiger partial charge in [0.2, 0.25) is 5.91 Å². The van der Waals surface area contributed by atoms with E-state index in [0.717, 1.165) is 38.0 Å². The zero-order valence-corrected chi connectivity index (χ0v) is 15.6. The number of carbonyl (C=O) groups excluding carboxylic acids is 2. The van der Waals surface area contributed by atoms with Gasteiger partial charge in [0.25, 0.3) is 5.91 Å². The lowest BCUT2D eigenvalue weighted by molar-refractivity contribution is -0.135. The second kappa shape index (κ2) is 7.94. The van der Waals surface area contributed by atoms with Crippen molar-refractivity contribution in [1.82, 2.24) is 14.5 Å². The van der Waals surface area contributed by atoms with E-state index in [2.05, 4.69) is 11.1 Å². The maximum Gasteiger partial charge on any atom is 0.250 e. The van der Waals surface area contributed by atoms with Crippen LogP contribution in [0.15, 0.2) is 43.0 Å². The third-order valence-electron chi connectivity index (χ3n) is 5.65. The fourth-order valence-electron chi connectivity index (χ4n) is 4.14. The third-order valence-corrected chi connectivity index (χ3v) is 5.65. The van der Waals surface area contributed by atoms with Crippen LogP contribution < -0.4 is 4.90 Å². The standard InChI is InChI=1S/C21H26N4O2/c26-20(23-11-5-1-2-6-12-23)15-19(24-14-10-22-16-24)21(27)25-13-9-17-7-3-4-8-18(17)25/h3-4,7-8,10,14,16,19H,1-2,5-6,9,11-13,15H2. The number of hydrogen-bond donors (Lipinski definition) is 0. The first-order valence-corrected chi connectivity index (χ1v) is 9.88. The molecule has 1 saturated heterocycles. The number of aromatic nitrogens is 2. The minimum absolute atomic E-state index is 0.0267. The summed E-state index contributed by atoms with van der Waals surface area (Å²) in [5.41, 5.74) is 2.16. The lowest BCUT2D eigenvalue weighted by Gasteiger charge is -2.27. The highest BCUT2D eigenvalue weighted by molar-refractivity contribution is 6.00. The molecule has 2 aliphatic heterocycles. The van der Waals surface area contributed by atoms with E-state index in [1.807, 2.05) is 28.0 Å². The van der Waals surface area contributed by atoms with Crippen molar-refractivity contribution in [1.29, 1.82) is 0 Å². The number of anilines is 1. The predicted molar refractivity (Wildman–Crippen MR) is 103 cm³/mol. The Morgan fingerprint density at radius 2 is 1.81 bits per heavy atom. The fourth-order valence-corrected chi connectivity index (χ4v) is 4.14. The number of benzene rings is 1. The molecule has 27 heavy (non-hydrogen) atoms. The smallest absolute Gasteiger partial charge is 0.250 e. The Balaban J connectivity index is 1.55. The van der Waals surface area contributed by atoms with Gasteiger partial charge in [-0.25, -0.2) is 4.98 Å². The van der Waals surface area contributed by atoms with Crippen molar-refractivity contribution in [3.8, 4) is 0 Å². The summed E-state index contributed by atoms with van der Waals surface area (Å²) in [5, 5.41) is 0. The SMILES string of the molecule is O=C(CC(C(=O)N1CCc2ccccc21)n1ccnc1)N1CCCCCC1. The van der Waals surface area contributed by atoms with Gasteiger partial charge in [-0.05, 0) is 30.9 Å². The van der Waals surface area contributed by atoms with Crippen molar-refractivity contribution in [2.45, 2.75) is 44.6 Å². The summed E-state index contributed by atoms with van der Waals surface area (Å²) in [5.74, 6) is 0.0394. The van der Waals surface area contributed by atoms with E-state index in [4.69, 9.17) is 0 Å². The molecule has 0 saturated carbocycles. The van der Waals surface area contributed by atoms with Crippen molar-refractivity contribution in [3.63, 3.8) is 0 Å². The maximum absolute atomic E-state index is 13.4. The van der Waals surface area contributed by atoms with E-state index in [-0.39, 0.29) is 18.2 Å². The van der Waals surface area contributed by atoms with E-state index in [1.165, 1.54) is 18.4 Å². The molecule has 142 valence electrons. The Labute approximate surface area is 159 Å². The lowest BCUT2D eigenvalue weighted by atomic mass is 10.1. The van der Waals surface area contributed by atoms with Crippen molar-refractivity contribution in [2.24, 2.45) is 0 Å². The van der Waals surface area contributed by atoms with Crippen LogP contribution in [0, 0.1) is 0 Å². The number of amides is 2. The van der Waals surface area contributed by atoms with Gasteiger partial charge in [0.1, 0.15) is 6.04 Å². The van der Waals surface area contributed by atoms with Gasteiger partial charge in [-0.15, -0.1) is 0 Å². The molecule has 6 nitrogen and oxygen atoms in total. The molecule has 0 bridgehead atoms. The molecule has 0 aliphatic carbocycles. The summed E-state index contributed by atoms with van der Waals surface area (Å²) in [6.07, 6.45) is 10.6. The zero-order chi connectivity index (χ0) is 18.6. The molecule has 1 unspecified atom stereocenters. The molecule has 2 aromatic rings. The van der Waals surface area contributed by atoms with E-state index in [1.54, 1.807) is 23.3 Å². The molecule has 0 spiro atoms. The summed E-state index contributed by atoms with van der Waals surface area (Å²) in [7, 11) is 0. The van der Waals surface area contributed by atoms with E-state index in [9.17, 15) is 9.59 Å². The third kappa shape index (κ3) is 3.75. The molecule has 0 radical (unpaired) electrons.